The van der Waals surface area contributed by atoms with Crippen LogP contribution in [0.25, 0.3) is 0 Å². The maximum atomic E-state index is 12.2. The van der Waals surface area contributed by atoms with Crippen molar-refractivity contribution >= 4 is 11.9 Å². The summed E-state index contributed by atoms with van der Waals surface area (Å²) in [6, 6.07) is 5.17. The molecule has 0 aromatic heterocycles. The zero-order chi connectivity index (χ0) is 25.2. The molecule has 1 fully saturated rings. The van der Waals surface area contributed by atoms with Crippen molar-refractivity contribution in [2.45, 2.75) is 30.7 Å². The lowest BCUT2D eigenvalue weighted by atomic mass is 9.99. The first kappa shape index (κ1) is 24.9. The predicted octanol–water partition coefficient (Wildman–Crippen LogP) is -0.661. The molecule has 1 aliphatic heterocycles. The van der Waals surface area contributed by atoms with Crippen molar-refractivity contribution in [3.63, 3.8) is 0 Å². The SMILES string of the molecule is COC(=O)c1ccc(OC2OC(COC(=O)c3cc(O)c(O)c(O)c3)C(O)C(O)C2O)cc1O. The standard InChI is InChI=1S/C21H22O13/c1-31-20(30)10-3-2-9(6-11(10)22)33-21-18(28)17(27)16(26)14(34-21)7-32-19(29)8-4-12(23)15(25)13(24)5-8/h2-6,14,16-18,21-28H,7H2,1H3. The Morgan fingerprint density at radius 1 is 0.882 bits per heavy atom. The van der Waals surface area contributed by atoms with Crippen LogP contribution in [0.3, 0.4) is 0 Å². The highest BCUT2D eigenvalue weighted by atomic mass is 16.7. The zero-order valence-electron chi connectivity index (χ0n) is 17.6. The van der Waals surface area contributed by atoms with Gasteiger partial charge in [-0.15, -0.1) is 0 Å². The smallest absolute Gasteiger partial charge is 0.341 e. The summed E-state index contributed by atoms with van der Waals surface area (Å²) in [4.78, 5) is 23.8. The van der Waals surface area contributed by atoms with Crippen LogP contribution in [-0.2, 0) is 14.2 Å². The molecule has 1 saturated heterocycles. The number of esters is 2. The van der Waals surface area contributed by atoms with E-state index >= 15 is 0 Å². The molecule has 1 heterocycles. The monoisotopic (exact) mass is 482 g/mol. The van der Waals surface area contributed by atoms with Gasteiger partial charge < -0.3 is 54.7 Å². The van der Waals surface area contributed by atoms with E-state index in [0.717, 1.165) is 25.3 Å². The Morgan fingerprint density at radius 2 is 1.53 bits per heavy atom. The molecule has 0 spiro atoms. The highest BCUT2D eigenvalue weighted by Gasteiger charge is 2.45. The molecule has 0 aliphatic carbocycles. The summed E-state index contributed by atoms with van der Waals surface area (Å²) in [5, 5.41) is 68.8. The average Bonchev–Trinajstić information content (AvgIpc) is 2.81. The van der Waals surface area contributed by atoms with Crippen LogP contribution in [0.4, 0.5) is 0 Å². The van der Waals surface area contributed by atoms with Crippen molar-refractivity contribution in [2.75, 3.05) is 13.7 Å². The molecule has 0 bridgehead atoms. The Balaban J connectivity index is 1.69. The fourth-order valence-corrected chi connectivity index (χ4v) is 3.12. The van der Waals surface area contributed by atoms with Gasteiger partial charge in [-0.25, -0.2) is 9.59 Å². The molecule has 0 radical (unpaired) electrons. The van der Waals surface area contributed by atoms with E-state index < -0.39 is 72.2 Å². The van der Waals surface area contributed by atoms with Crippen LogP contribution in [0.2, 0.25) is 0 Å². The second-order valence-electron chi connectivity index (χ2n) is 7.26. The molecule has 184 valence electrons. The van der Waals surface area contributed by atoms with Gasteiger partial charge in [-0.2, -0.15) is 0 Å². The van der Waals surface area contributed by atoms with Crippen molar-refractivity contribution < 1.29 is 64.3 Å². The summed E-state index contributed by atoms with van der Waals surface area (Å²) in [5.41, 5.74) is -0.473. The molecule has 2 aromatic rings. The Labute approximate surface area is 191 Å². The number of methoxy groups -OCH3 is 1. The lowest BCUT2D eigenvalue weighted by Gasteiger charge is -2.39. The molecule has 5 unspecified atom stereocenters. The number of ether oxygens (including phenoxy) is 4. The second kappa shape index (κ2) is 10.0. The molecule has 13 nitrogen and oxygen atoms in total. The molecule has 3 rings (SSSR count). The number of hydrogen-bond acceptors (Lipinski definition) is 13. The minimum Gasteiger partial charge on any atom is -0.507 e. The molecule has 2 aromatic carbocycles. The number of aromatic hydroxyl groups is 4. The van der Waals surface area contributed by atoms with Gasteiger partial charge in [-0.3, -0.25) is 0 Å². The maximum absolute atomic E-state index is 12.2. The van der Waals surface area contributed by atoms with Gasteiger partial charge in [-0.1, -0.05) is 0 Å². The molecule has 13 heteroatoms. The summed E-state index contributed by atoms with van der Waals surface area (Å²) in [6.45, 7) is -0.640. The van der Waals surface area contributed by atoms with Crippen LogP contribution in [-0.4, -0.2) is 92.1 Å². The lowest BCUT2D eigenvalue weighted by molar-refractivity contribution is -0.277. The van der Waals surface area contributed by atoms with Gasteiger partial charge in [0.15, 0.2) is 17.2 Å². The van der Waals surface area contributed by atoms with Crippen molar-refractivity contribution in [3.05, 3.63) is 41.5 Å². The minimum absolute atomic E-state index is 0.0661. The van der Waals surface area contributed by atoms with Gasteiger partial charge in [0, 0.05) is 6.07 Å². The first-order valence-electron chi connectivity index (χ1n) is 9.73. The Hall–Kier alpha value is -3.78. The van der Waals surface area contributed by atoms with E-state index in [1.165, 1.54) is 12.1 Å². The number of benzene rings is 2. The molecule has 0 saturated carbocycles. The number of carbonyl (C=O) groups is 2. The third-order valence-corrected chi connectivity index (χ3v) is 4.98. The van der Waals surface area contributed by atoms with Crippen LogP contribution >= 0.6 is 0 Å². The molecule has 0 amide bonds. The molecule has 34 heavy (non-hydrogen) atoms. The summed E-state index contributed by atoms with van der Waals surface area (Å²) >= 11 is 0. The number of hydrogen-bond donors (Lipinski definition) is 7. The minimum atomic E-state index is -1.77. The number of aliphatic hydroxyl groups excluding tert-OH is 3. The van der Waals surface area contributed by atoms with Crippen LogP contribution < -0.4 is 4.74 Å². The van der Waals surface area contributed by atoms with Crippen LogP contribution in [0.1, 0.15) is 20.7 Å². The second-order valence-corrected chi connectivity index (χ2v) is 7.26. The summed E-state index contributed by atoms with van der Waals surface area (Å²) in [7, 11) is 1.13. The van der Waals surface area contributed by atoms with Gasteiger partial charge >= 0.3 is 11.9 Å². The Bertz CT molecular complexity index is 1050. The number of phenols is 4. The van der Waals surface area contributed by atoms with E-state index in [0.29, 0.717) is 0 Å². The van der Waals surface area contributed by atoms with E-state index in [-0.39, 0.29) is 16.9 Å². The lowest BCUT2D eigenvalue weighted by Crippen LogP contribution is -2.60. The average molecular weight is 482 g/mol. The van der Waals surface area contributed by atoms with E-state index in [9.17, 15) is 45.3 Å². The molecule has 7 N–H and O–H groups in total. The number of aliphatic hydroxyl groups is 3. The van der Waals surface area contributed by atoms with Crippen molar-refractivity contribution in [1.82, 2.24) is 0 Å². The first-order valence-corrected chi connectivity index (χ1v) is 9.73. The van der Waals surface area contributed by atoms with E-state index in [2.05, 4.69) is 4.74 Å². The van der Waals surface area contributed by atoms with Gasteiger partial charge in [0.05, 0.1) is 12.7 Å². The van der Waals surface area contributed by atoms with Crippen LogP contribution in [0, 0.1) is 0 Å². The normalized spacial score (nSPS) is 24.3. The topological polar surface area (TPSA) is 213 Å². The largest absolute Gasteiger partial charge is 0.507 e. The predicted molar refractivity (Wildman–Crippen MR) is 108 cm³/mol. The van der Waals surface area contributed by atoms with Gasteiger partial charge in [0.2, 0.25) is 6.29 Å². The summed E-state index contributed by atoms with van der Waals surface area (Å²) in [6.07, 6.45) is -8.16. The van der Waals surface area contributed by atoms with Gasteiger partial charge in [-0.05, 0) is 24.3 Å². The van der Waals surface area contributed by atoms with Crippen molar-refractivity contribution in [3.8, 4) is 28.7 Å². The fraction of sp³-hybridized carbons (Fsp3) is 0.333. The zero-order valence-corrected chi connectivity index (χ0v) is 17.6. The maximum Gasteiger partial charge on any atom is 0.341 e. The number of carbonyl (C=O) groups excluding carboxylic acids is 2. The van der Waals surface area contributed by atoms with Crippen LogP contribution in [0.5, 0.6) is 28.7 Å². The quantitative estimate of drug-likeness (QED) is 0.201. The van der Waals surface area contributed by atoms with Crippen LogP contribution in [0.15, 0.2) is 30.3 Å². The third-order valence-electron chi connectivity index (χ3n) is 4.98. The van der Waals surface area contributed by atoms with E-state index in [4.69, 9.17) is 14.2 Å². The van der Waals surface area contributed by atoms with E-state index in [1.807, 2.05) is 0 Å². The fourth-order valence-electron chi connectivity index (χ4n) is 3.12. The summed E-state index contributed by atoms with van der Waals surface area (Å²) in [5.74, 6) is -4.78. The molecular formula is C21H22O13. The first-order chi connectivity index (χ1) is 16.0. The highest BCUT2D eigenvalue weighted by molar-refractivity contribution is 5.92. The van der Waals surface area contributed by atoms with Crippen molar-refractivity contribution in [1.29, 1.82) is 0 Å². The number of rotatable bonds is 6. The number of phenolic OH excluding ortho intramolecular Hbond substituents is 4. The van der Waals surface area contributed by atoms with Gasteiger partial charge in [0.1, 0.15) is 48.1 Å². The van der Waals surface area contributed by atoms with Gasteiger partial charge in [0.25, 0.3) is 0 Å². The summed E-state index contributed by atoms with van der Waals surface area (Å²) < 4.78 is 20.3. The molecule has 1 aliphatic rings. The molecule has 5 atom stereocenters. The Morgan fingerprint density at radius 3 is 2.12 bits per heavy atom. The van der Waals surface area contributed by atoms with Crippen molar-refractivity contribution in [2.24, 2.45) is 0 Å². The highest BCUT2D eigenvalue weighted by Crippen LogP contribution is 2.35. The van der Waals surface area contributed by atoms with E-state index in [1.54, 1.807) is 0 Å². The third kappa shape index (κ3) is 5.07. The Kier molecular flexibility index (Phi) is 7.32. The molecular weight excluding hydrogens is 460 g/mol.